The fraction of sp³-hybridized carbons (Fsp3) is 0.308. The molecule has 2 atom stereocenters. The second-order valence-electron chi connectivity index (χ2n) is 8.61. The Balaban J connectivity index is 1.57. The Labute approximate surface area is 196 Å². The van der Waals surface area contributed by atoms with Crippen molar-refractivity contribution in [3.8, 4) is 11.5 Å². The number of phenolic OH excluding ortho intramolecular Hbond substituents is 1. The van der Waals surface area contributed by atoms with E-state index in [1.807, 2.05) is 19.9 Å². The number of nitrogens with one attached hydrogen (secondary N) is 1. The zero-order valence-electron chi connectivity index (χ0n) is 19.3. The van der Waals surface area contributed by atoms with Gasteiger partial charge in [-0.3, -0.25) is 4.79 Å². The average molecular weight is 466 g/mol. The van der Waals surface area contributed by atoms with Crippen LogP contribution in [0.2, 0.25) is 0 Å². The van der Waals surface area contributed by atoms with Crippen LogP contribution in [0.25, 0.3) is 11.0 Å². The summed E-state index contributed by atoms with van der Waals surface area (Å²) in [6.45, 7) is 5.88. The fourth-order valence-corrected chi connectivity index (χ4v) is 3.72. The average Bonchev–Trinajstić information content (AvgIpc) is 3.20. The molecule has 0 unspecified atom stereocenters. The number of ether oxygens (including phenoxy) is 2. The van der Waals surface area contributed by atoms with Crippen LogP contribution in [0.1, 0.15) is 41.8 Å². The Bertz CT molecular complexity index is 1320. The van der Waals surface area contributed by atoms with E-state index in [1.54, 1.807) is 31.2 Å². The van der Waals surface area contributed by atoms with E-state index in [1.165, 1.54) is 12.1 Å². The summed E-state index contributed by atoms with van der Waals surface area (Å²) in [7, 11) is 0. The van der Waals surface area contributed by atoms with Gasteiger partial charge in [0.15, 0.2) is 0 Å². The van der Waals surface area contributed by atoms with E-state index in [-0.39, 0.29) is 18.0 Å². The molecule has 8 nitrogen and oxygen atoms in total. The van der Waals surface area contributed by atoms with Crippen LogP contribution in [-0.2, 0) is 11.2 Å². The molecule has 3 aromatic rings. The predicted molar refractivity (Wildman–Crippen MR) is 127 cm³/mol. The van der Waals surface area contributed by atoms with E-state index >= 15 is 0 Å². The molecule has 3 N–H and O–H groups in total. The number of aryl methyl sites for hydroxylation is 1. The summed E-state index contributed by atoms with van der Waals surface area (Å²) in [5, 5.41) is 22.9. The first-order valence-corrected chi connectivity index (χ1v) is 11.0. The van der Waals surface area contributed by atoms with Gasteiger partial charge in [0, 0.05) is 22.9 Å². The summed E-state index contributed by atoms with van der Waals surface area (Å²) in [4.78, 5) is 25.4. The summed E-state index contributed by atoms with van der Waals surface area (Å²) in [6.07, 6.45) is 1.67. The minimum absolute atomic E-state index is 0.00624. The summed E-state index contributed by atoms with van der Waals surface area (Å²) >= 11 is 0. The molecule has 1 aliphatic heterocycles. The molecule has 178 valence electrons. The van der Waals surface area contributed by atoms with Crippen LogP contribution < -0.4 is 15.7 Å². The van der Waals surface area contributed by atoms with Gasteiger partial charge in [-0.15, -0.1) is 0 Å². The molecule has 1 amide bonds. The van der Waals surface area contributed by atoms with E-state index in [2.05, 4.69) is 5.32 Å². The molecule has 0 aliphatic carbocycles. The molecule has 1 saturated heterocycles. The number of hydrogen-bond donors (Lipinski definition) is 3. The van der Waals surface area contributed by atoms with Crippen LogP contribution in [0, 0.1) is 6.92 Å². The highest BCUT2D eigenvalue weighted by atomic mass is 16.7. The minimum Gasteiger partial charge on any atom is -0.508 e. The number of rotatable bonds is 6. The van der Waals surface area contributed by atoms with Crippen LogP contribution >= 0.6 is 0 Å². The molecule has 1 aliphatic rings. The van der Waals surface area contributed by atoms with Crippen molar-refractivity contribution in [2.24, 2.45) is 0 Å². The van der Waals surface area contributed by atoms with Gasteiger partial charge in [0.25, 0.3) is 5.91 Å². The third-order valence-corrected chi connectivity index (χ3v) is 5.62. The highest BCUT2D eigenvalue weighted by molar-refractivity contribution is 6.05. The SMILES string of the molecule is CC(C)=CCc1cc(C(=O)Nc2cc3ccc(O[C@@H]4C[C@H](O)CO4)c(C)c3oc2=O)ccc1O. The number of aliphatic hydroxyl groups excluding tert-OH is 1. The van der Waals surface area contributed by atoms with Gasteiger partial charge in [0.1, 0.15) is 22.8 Å². The summed E-state index contributed by atoms with van der Waals surface area (Å²) in [5.74, 6) is 0.100. The zero-order chi connectivity index (χ0) is 24.4. The number of aliphatic hydroxyl groups is 1. The van der Waals surface area contributed by atoms with E-state index in [0.717, 1.165) is 5.57 Å². The van der Waals surface area contributed by atoms with Crippen molar-refractivity contribution in [3.05, 3.63) is 75.2 Å². The van der Waals surface area contributed by atoms with Crippen LogP contribution in [0.15, 0.2) is 57.3 Å². The summed E-state index contributed by atoms with van der Waals surface area (Å²) in [6, 6.07) is 9.56. The maximum Gasteiger partial charge on any atom is 0.360 e. The summed E-state index contributed by atoms with van der Waals surface area (Å²) < 4.78 is 16.7. The Kier molecular flexibility index (Phi) is 6.72. The molecule has 0 bridgehead atoms. The molecule has 8 heteroatoms. The van der Waals surface area contributed by atoms with Gasteiger partial charge in [-0.1, -0.05) is 11.6 Å². The standard InChI is InChI=1S/C26H27NO7/c1-14(2)4-5-16-10-18(6-8-21(16)29)25(30)27-20-11-17-7-9-22(15(3)24(17)34-26(20)31)33-23-12-19(28)13-32-23/h4,6-11,19,23,28-29H,5,12-13H2,1-3H3,(H,27,30)/t19-,23+/m0/s1. The van der Waals surface area contributed by atoms with Gasteiger partial charge in [-0.05, 0) is 69.2 Å². The monoisotopic (exact) mass is 465 g/mol. The predicted octanol–water partition coefficient (Wildman–Crippen LogP) is 4.05. The number of carbonyl (C=O) groups is 1. The maximum atomic E-state index is 12.8. The maximum absolute atomic E-state index is 12.8. The third kappa shape index (κ3) is 5.13. The van der Waals surface area contributed by atoms with Crippen molar-refractivity contribution in [2.75, 3.05) is 11.9 Å². The number of amides is 1. The van der Waals surface area contributed by atoms with Crippen molar-refractivity contribution in [1.82, 2.24) is 0 Å². The minimum atomic E-state index is -0.697. The number of benzene rings is 2. The quantitative estimate of drug-likeness (QED) is 0.371. The van der Waals surface area contributed by atoms with Gasteiger partial charge in [0.05, 0.1) is 12.7 Å². The lowest BCUT2D eigenvalue weighted by molar-refractivity contribution is -0.0404. The number of anilines is 1. The number of hydrogen-bond acceptors (Lipinski definition) is 7. The number of phenols is 1. The van der Waals surface area contributed by atoms with Gasteiger partial charge in [-0.2, -0.15) is 0 Å². The molecule has 2 aromatic carbocycles. The van der Waals surface area contributed by atoms with Crippen molar-refractivity contribution in [1.29, 1.82) is 0 Å². The van der Waals surface area contributed by atoms with Crippen molar-refractivity contribution in [2.45, 2.75) is 46.0 Å². The molecular formula is C26H27NO7. The first kappa shape index (κ1) is 23.5. The van der Waals surface area contributed by atoms with E-state index in [0.29, 0.717) is 46.3 Å². The van der Waals surface area contributed by atoms with Gasteiger partial charge in [-0.25, -0.2) is 4.79 Å². The highest BCUT2D eigenvalue weighted by Gasteiger charge is 2.26. The first-order valence-electron chi connectivity index (χ1n) is 11.0. The normalized spacial score (nSPS) is 17.5. The second kappa shape index (κ2) is 9.70. The number of carbonyl (C=O) groups excluding carboxylic acids is 1. The molecular weight excluding hydrogens is 438 g/mol. The Hall–Kier alpha value is -3.62. The van der Waals surface area contributed by atoms with Gasteiger partial charge >= 0.3 is 5.63 Å². The van der Waals surface area contributed by atoms with Crippen LogP contribution in [-0.4, -0.2) is 35.1 Å². The van der Waals surface area contributed by atoms with Crippen LogP contribution in [0.5, 0.6) is 11.5 Å². The molecule has 0 radical (unpaired) electrons. The van der Waals surface area contributed by atoms with Crippen LogP contribution in [0.3, 0.4) is 0 Å². The van der Waals surface area contributed by atoms with Gasteiger partial charge < -0.3 is 29.4 Å². The van der Waals surface area contributed by atoms with Crippen molar-refractivity contribution >= 4 is 22.6 Å². The Morgan fingerprint density at radius 3 is 2.74 bits per heavy atom. The smallest absolute Gasteiger partial charge is 0.360 e. The van der Waals surface area contributed by atoms with E-state index in [4.69, 9.17) is 13.9 Å². The largest absolute Gasteiger partial charge is 0.508 e. The summed E-state index contributed by atoms with van der Waals surface area (Å²) in [5.41, 5.74) is 2.28. The molecule has 0 saturated carbocycles. The molecule has 2 heterocycles. The molecule has 34 heavy (non-hydrogen) atoms. The number of allylic oxidation sites excluding steroid dienone is 2. The Morgan fingerprint density at radius 2 is 2.03 bits per heavy atom. The number of aromatic hydroxyl groups is 1. The lowest BCUT2D eigenvalue weighted by Gasteiger charge is -2.15. The van der Waals surface area contributed by atoms with Gasteiger partial charge in [0.2, 0.25) is 6.29 Å². The lowest BCUT2D eigenvalue weighted by Crippen LogP contribution is -2.18. The molecule has 0 spiro atoms. The zero-order valence-corrected chi connectivity index (χ0v) is 19.3. The third-order valence-electron chi connectivity index (χ3n) is 5.62. The Morgan fingerprint density at radius 1 is 1.24 bits per heavy atom. The molecule has 1 fully saturated rings. The molecule has 1 aromatic heterocycles. The van der Waals surface area contributed by atoms with E-state index in [9.17, 15) is 19.8 Å². The first-order chi connectivity index (χ1) is 16.2. The highest BCUT2D eigenvalue weighted by Crippen LogP contribution is 2.30. The van der Waals surface area contributed by atoms with Crippen molar-refractivity contribution in [3.63, 3.8) is 0 Å². The van der Waals surface area contributed by atoms with E-state index < -0.39 is 23.9 Å². The molecule has 4 rings (SSSR count). The fourth-order valence-electron chi connectivity index (χ4n) is 3.72. The van der Waals surface area contributed by atoms with Crippen molar-refractivity contribution < 1.29 is 28.9 Å². The van der Waals surface area contributed by atoms with Crippen LogP contribution in [0.4, 0.5) is 5.69 Å². The topological polar surface area (TPSA) is 118 Å². The number of fused-ring (bicyclic) bond motifs is 1. The second-order valence-corrected chi connectivity index (χ2v) is 8.61. The lowest BCUT2D eigenvalue weighted by atomic mass is 10.0.